The number of hydrogen-bond acceptors (Lipinski definition) is 5. The third-order valence-electron chi connectivity index (χ3n) is 7.95. The number of amides is 2. The SMILES string of the molecule is CCCC/C=C(/C(NCCC)C1CC1)N(C)CC(=O)NCC(=O)NCCCc1ccc(F)c(F)c1CCC.CS.Cc1ccc(F)cc1. The lowest BCUT2D eigenvalue weighted by atomic mass is 9.98. The number of halogens is 3. The van der Waals surface area contributed by atoms with Crippen molar-refractivity contribution in [2.45, 2.75) is 97.9 Å². The third-order valence-corrected chi connectivity index (χ3v) is 7.95. The maximum absolute atomic E-state index is 14.1. The summed E-state index contributed by atoms with van der Waals surface area (Å²) in [7, 11) is 1.95. The van der Waals surface area contributed by atoms with Crippen LogP contribution in [0.4, 0.5) is 13.2 Å². The van der Waals surface area contributed by atoms with E-state index in [2.05, 4.69) is 48.5 Å². The first-order chi connectivity index (χ1) is 23.1. The van der Waals surface area contributed by atoms with E-state index in [1.807, 2.05) is 25.8 Å². The minimum absolute atomic E-state index is 0.0893. The second-order valence-corrected chi connectivity index (χ2v) is 12.2. The fourth-order valence-corrected chi connectivity index (χ4v) is 5.25. The number of likely N-dealkylation sites (N-methyl/N-ethyl adjacent to an activating group) is 1. The standard InChI is InChI=1S/C30H48F2N4O2.C7H7F.CH4S/c1-5-8-9-13-26(30(23-14-15-23)34-18-7-3)36(4)21-28(38)35-20-27(37)33-19-10-12-22-16-17-25(31)29(32)24(22)11-6-2;1-6-2-4-7(8)5-3-6;1-2/h13,16-17,23,30,34H,5-12,14-15,18-21H2,1-4H3,(H,33,37)(H,35,38);2-5H,1H3;2H,1H3/b26-13-;;. The van der Waals surface area contributed by atoms with Crippen LogP contribution in [-0.2, 0) is 22.4 Å². The molecule has 0 aliphatic heterocycles. The molecule has 2 amide bonds. The molecular weight excluding hydrogens is 634 g/mol. The van der Waals surface area contributed by atoms with Gasteiger partial charge in [-0.15, -0.1) is 0 Å². The topological polar surface area (TPSA) is 73.5 Å². The summed E-state index contributed by atoms with van der Waals surface area (Å²) in [6, 6.07) is 9.44. The Morgan fingerprint density at radius 3 is 2.17 bits per heavy atom. The highest BCUT2D eigenvalue weighted by atomic mass is 32.1. The zero-order chi connectivity index (χ0) is 35.9. The predicted octanol–water partition coefficient (Wildman–Crippen LogP) is 7.55. The molecule has 0 bridgehead atoms. The van der Waals surface area contributed by atoms with Gasteiger partial charge in [0.15, 0.2) is 11.6 Å². The second-order valence-electron chi connectivity index (χ2n) is 12.2. The summed E-state index contributed by atoms with van der Waals surface area (Å²) in [5, 5.41) is 9.21. The number of aryl methyl sites for hydroxylation is 2. The summed E-state index contributed by atoms with van der Waals surface area (Å²) in [4.78, 5) is 26.9. The number of rotatable bonds is 19. The fourth-order valence-electron chi connectivity index (χ4n) is 5.25. The molecule has 0 saturated heterocycles. The Hall–Kier alpha value is -2.98. The van der Waals surface area contributed by atoms with Gasteiger partial charge in [0.1, 0.15) is 5.82 Å². The molecule has 2 aromatic carbocycles. The van der Waals surface area contributed by atoms with E-state index < -0.39 is 11.6 Å². The van der Waals surface area contributed by atoms with Crippen LogP contribution in [0.2, 0.25) is 0 Å². The van der Waals surface area contributed by atoms with Gasteiger partial charge in [-0.3, -0.25) is 9.59 Å². The summed E-state index contributed by atoms with van der Waals surface area (Å²) in [5.41, 5.74) is 3.46. The second kappa shape index (κ2) is 25.1. The van der Waals surface area contributed by atoms with Crippen molar-refractivity contribution < 1.29 is 22.8 Å². The number of nitrogens with one attached hydrogen (secondary N) is 3. The van der Waals surface area contributed by atoms with Crippen molar-refractivity contribution in [1.29, 1.82) is 0 Å². The molecule has 1 unspecified atom stereocenters. The van der Waals surface area contributed by atoms with Gasteiger partial charge in [-0.05, 0) is 99.9 Å². The van der Waals surface area contributed by atoms with Crippen molar-refractivity contribution in [3.05, 3.63) is 82.3 Å². The number of benzene rings is 2. The maximum Gasteiger partial charge on any atom is 0.239 e. The molecule has 1 atom stereocenters. The van der Waals surface area contributed by atoms with E-state index in [0.29, 0.717) is 37.3 Å². The number of carbonyl (C=O) groups excluding carboxylic acids is 2. The smallest absolute Gasteiger partial charge is 0.239 e. The van der Waals surface area contributed by atoms with E-state index in [1.54, 1.807) is 24.5 Å². The van der Waals surface area contributed by atoms with Crippen LogP contribution in [0.5, 0.6) is 0 Å². The Labute approximate surface area is 293 Å². The predicted molar refractivity (Wildman–Crippen MR) is 196 cm³/mol. The van der Waals surface area contributed by atoms with Gasteiger partial charge in [0.25, 0.3) is 0 Å². The molecule has 3 N–H and O–H groups in total. The lowest BCUT2D eigenvalue weighted by molar-refractivity contribution is -0.126. The quantitative estimate of drug-likeness (QED) is 0.0907. The molecule has 6 nitrogen and oxygen atoms in total. The molecule has 270 valence electrons. The van der Waals surface area contributed by atoms with Gasteiger partial charge in [0.2, 0.25) is 11.8 Å². The minimum Gasteiger partial charge on any atom is -0.368 e. The molecule has 0 aromatic heterocycles. The van der Waals surface area contributed by atoms with Gasteiger partial charge >= 0.3 is 0 Å². The van der Waals surface area contributed by atoms with E-state index >= 15 is 0 Å². The molecule has 3 rings (SSSR count). The largest absolute Gasteiger partial charge is 0.368 e. The van der Waals surface area contributed by atoms with E-state index in [9.17, 15) is 22.8 Å². The van der Waals surface area contributed by atoms with Crippen LogP contribution in [-0.4, -0.2) is 62.2 Å². The lowest BCUT2D eigenvalue weighted by Gasteiger charge is -2.30. The van der Waals surface area contributed by atoms with Crippen LogP contribution >= 0.6 is 12.6 Å². The Bertz CT molecular complexity index is 1220. The van der Waals surface area contributed by atoms with Crippen LogP contribution in [0.3, 0.4) is 0 Å². The van der Waals surface area contributed by atoms with Gasteiger partial charge in [0, 0.05) is 25.3 Å². The average molecular weight is 693 g/mol. The van der Waals surface area contributed by atoms with Crippen LogP contribution < -0.4 is 16.0 Å². The third kappa shape index (κ3) is 16.9. The first-order valence-electron chi connectivity index (χ1n) is 17.4. The molecule has 10 heteroatoms. The Morgan fingerprint density at radius 2 is 1.58 bits per heavy atom. The maximum atomic E-state index is 14.1. The number of allylic oxidation sites excluding steroid dienone is 1. The zero-order valence-electron chi connectivity index (χ0n) is 29.9. The summed E-state index contributed by atoms with van der Waals surface area (Å²) in [6.45, 7) is 9.64. The molecule has 1 aliphatic rings. The van der Waals surface area contributed by atoms with E-state index in [1.165, 1.54) is 30.7 Å². The number of carbonyl (C=O) groups is 2. The van der Waals surface area contributed by atoms with Crippen molar-refractivity contribution in [2.24, 2.45) is 5.92 Å². The first-order valence-corrected chi connectivity index (χ1v) is 18.3. The Kier molecular flexibility index (Phi) is 22.5. The minimum atomic E-state index is -0.823. The van der Waals surface area contributed by atoms with Gasteiger partial charge in [-0.1, -0.05) is 69.9 Å². The monoisotopic (exact) mass is 692 g/mol. The molecule has 0 heterocycles. The van der Waals surface area contributed by atoms with Crippen molar-refractivity contribution in [2.75, 3.05) is 39.5 Å². The van der Waals surface area contributed by atoms with Crippen LogP contribution in [0.1, 0.15) is 88.8 Å². The number of thiol groups is 1. The van der Waals surface area contributed by atoms with Crippen LogP contribution in [0.25, 0.3) is 0 Å². The van der Waals surface area contributed by atoms with E-state index in [0.717, 1.165) is 55.8 Å². The number of unbranched alkanes of at least 4 members (excludes halogenated alkanes) is 2. The average Bonchev–Trinajstić information content (AvgIpc) is 3.92. The molecule has 1 aliphatic carbocycles. The van der Waals surface area contributed by atoms with Gasteiger partial charge < -0.3 is 20.9 Å². The van der Waals surface area contributed by atoms with E-state index in [4.69, 9.17) is 0 Å². The van der Waals surface area contributed by atoms with Gasteiger partial charge in [-0.25, -0.2) is 13.2 Å². The van der Waals surface area contributed by atoms with Crippen molar-refractivity contribution >= 4 is 24.4 Å². The summed E-state index contributed by atoms with van der Waals surface area (Å²) >= 11 is 3.53. The molecule has 0 spiro atoms. The molecule has 48 heavy (non-hydrogen) atoms. The van der Waals surface area contributed by atoms with Crippen molar-refractivity contribution in [3.8, 4) is 0 Å². The highest BCUT2D eigenvalue weighted by Crippen LogP contribution is 2.36. The summed E-state index contributed by atoms with van der Waals surface area (Å²) in [5.74, 6) is -1.60. The van der Waals surface area contributed by atoms with Crippen LogP contribution in [0.15, 0.2) is 48.2 Å². The van der Waals surface area contributed by atoms with Crippen LogP contribution in [0, 0.1) is 30.3 Å². The molecule has 1 fully saturated rings. The molecule has 1 saturated carbocycles. The highest BCUT2D eigenvalue weighted by Gasteiger charge is 2.34. The van der Waals surface area contributed by atoms with Crippen molar-refractivity contribution in [1.82, 2.24) is 20.9 Å². The first kappa shape index (κ1) is 43.0. The number of nitrogens with zero attached hydrogens (tertiary/aromatic N) is 1. The zero-order valence-corrected chi connectivity index (χ0v) is 30.8. The van der Waals surface area contributed by atoms with Gasteiger partial charge in [-0.2, -0.15) is 12.6 Å². The summed E-state index contributed by atoms with van der Waals surface area (Å²) < 4.78 is 39.8. The highest BCUT2D eigenvalue weighted by molar-refractivity contribution is 7.79. The number of hydrogen-bond donors (Lipinski definition) is 4. The van der Waals surface area contributed by atoms with Gasteiger partial charge in [0.05, 0.1) is 13.1 Å². The molecule has 0 radical (unpaired) electrons. The Morgan fingerprint density at radius 1 is 0.896 bits per heavy atom. The summed E-state index contributed by atoms with van der Waals surface area (Å²) in [6.07, 6.45) is 13.0. The Balaban J connectivity index is 0.000000989. The lowest BCUT2D eigenvalue weighted by Crippen LogP contribution is -2.45. The van der Waals surface area contributed by atoms with E-state index in [-0.39, 0.29) is 36.8 Å². The molecule has 2 aromatic rings. The molecular formula is C38H59F3N4O2S. The van der Waals surface area contributed by atoms with Crippen molar-refractivity contribution in [3.63, 3.8) is 0 Å². The fraction of sp³-hybridized carbons (Fsp3) is 0.579. The normalized spacial score (nSPS) is 13.0.